The van der Waals surface area contributed by atoms with Gasteiger partial charge in [-0.25, -0.2) is 0 Å². The van der Waals surface area contributed by atoms with Gasteiger partial charge in [0, 0.05) is 32.8 Å². The summed E-state index contributed by atoms with van der Waals surface area (Å²) in [6.07, 6.45) is 2.50. The minimum Gasteiger partial charge on any atom is -0.383 e. The van der Waals surface area contributed by atoms with Crippen molar-refractivity contribution in [3.8, 4) is 0 Å². The predicted octanol–water partition coefficient (Wildman–Crippen LogP) is 3.70. The summed E-state index contributed by atoms with van der Waals surface area (Å²) in [5.41, 5.74) is 2.40. The number of piperidine rings is 1. The third-order valence-electron chi connectivity index (χ3n) is 4.27. The Morgan fingerprint density at radius 1 is 1.38 bits per heavy atom. The van der Waals surface area contributed by atoms with Crippen molar-refractivity contribution in [2.75, 3.05) is 31.7 Å². The molecule has 2 unspecified atom stereocenters. The molecule has 4 heteroatoms. The fourth-order valence-corrected chi connectivity index (χ4v) is 3.38. The number of anilines is 1. The van der Waals surface area contributed by atoms with Crippen molar-refractivity contribution in [3.05, 3.63) is 28.8 Å². The van der Waals surface area contributed by atoms with Gasteiger partial charge in [-0.3, -0.25) is 0 Å². The highest BCUT2D eigenvalue weighted by Crippen LogP contribution is 2.33. The average Bonchev–Trinajstić information content (AvgIpc) is 2.45. The van der Waals surface area contributed by atoms with Crippen LogP contribution in [-0.4, -0.2) is 32.8 Å². The van der Waals surface area contributed by atoms with Gasteiger partial charge in [0.2, 0.25) is 0 Å². The Kier molecular flexibility index (Phi) is 6.34. The molecule has 1 N–H and O–H groups in total. The van der Waals surface area contributed by atoms with E-state index in [0.717, 1.165) is 37.2 Å². The van der Waals surface area contributed by atoms with Crippen LogP contribution in [0.2, 0.25) is 5.02 Å². The van der Waals surface area contributed by atoms with E-state index in [1.54, 1.807) is 7.11 Å². The van der Waals surface area contributed by atoms with E-state index >= 15 is 0 Å². The molecule has 0 aromatic heterocycles. The molecule has 1 heterocycles. The SMILES string of the molecule is COCCNCc1ccc(N2CCC(C)CC2C)c(Cl)c1. The molecular formula is C17H27ClN2O. The van der Waals surface area contributed by atoms with Crippen molar-refractivity contribution in [1.82, 2.24) is 5.32 Å². The van der Waals surface area contributed by atoms with Crippen LogP contribution in [0.5, 0.6) is 0 Å². The van der Waals surface area contributed by atoms with Crippen molar-refractivity contribution in [3.63, 3.8) is 0 Å². The quantitative estimate of drug-likeness (QED) is 0.811. The summed E-state index contributed by atoms with van der Waals surface area (Å²) >= 11 is 6.51. The third kappa shape index (κ3) is 4.60. The van der Waals surface area contributed by atoms with E-state index in [4.69, 9.17) is 16.3 Å². The standard InChI is InChI=1S/C17H27ClN2O/c1-13-6-8-20(14(2)10-13)17-5-4-15(11-16(17)18)12-19-7-9-21-3/h4-5,11,13-14,19H,6-10,12H2,1-3H3. The Morgan fingerprint density at radius 2 is 2.19 bits per heavy atom. The first-order valence-corrected chi connectivity index (χ1v) is 8.24. The maximum atomic E-state index is 6.51. The van der Waals surface area contributed by atoms with Crippen LogP contribution in [0.3, 0.4) is 0 Å². The molecule has 1 aromatic carbocycles. The molecule has 1 fully saturated rings. The summed E-state index contributed by atoms with van der Waals surface area (Å²) in [7, 11) is 1.72. The Bertz CT molecular complexity index is 452. The first kappa shape index (κ1) is 16.6. The molecule has 0 spiro atoms. The Balaban J connectivity index is 1.98. The van der Waals surface area contributed by atoms with Gasteiger partial charge >= 0.3 is 0 Å². The van der Waals surface area contributed by atoms with Crippen LogP contribution >= 0.6 is 11.6 Å². The second-order valence-electron chi connectivity index (χ2n) is 6.13. The number of nitrogens with one attached hydrogen (secondary N) is 1. The van der Waals surface area contributed by atoms with Crippen molar-refractivity contribution >= 4 is 17.3 Å². The van der Waals surface area contributed by atoms with Crippen LogP contribution < -0.4 is 10.2 Å². The second-order valence-corrected chi connectivity index (χ2v) is 6.53. The maximum absolute atomic E-state index is 6.51. The zero-order chi connectivity index (χ0) is 15.2. The van der Waals surface area contributed by atoms with E-state index in [1.807, 2.05) is 0 Å². The lowest BCUT2D eigenvalue weighted by molar-refractivity contribution is 0.199. The molecule has 2 atom stereocenters. The summed E-state index contributed by atoms with van der Waals surface area (Å²) in [5, 5.41) is 4.21. The Hall–Kier alpha value is -0.770. The maximum Gasteiger partial charge on any atom is 0.0642 e. The lowest BCUT2D eigenvalue weighted by Crippen LogP contribution is -2.40. The summed E-state index contributed by atoms with van der Waals surface area (Å²) in [5.74, 6) is 0.819. The van der Waals surface area contributed by atoms with Gasteiger partial charge in [-0.2, -0.15) is 0 Å². The number of ether oxygens (including phenoxy) is 1. The summed E-state index contributed by atoms with van der Waals surface area (Å²) in [6, 6.07) is 6.99. The van der Waals surface area contributed by atoms with E-state index in [9.17, 15) is 0 Å². The molecule has 0 saturated carbocycles. The van der Waals surface area contributed by atoms with Gasteiger partial charge < -0.3 is 15.0 Å². The zero-order valence-corrected chi connectivity index (χ0v) is 14.1. The predicted molar refractivity (Wildman–Crippen MR) is 90.2 cm³/mol. The highest BCUT2D eigenvalue weighted by Gasteiger charge is 2.24. The molecule has 0 bridgehead atoms. The molecule has 0 amide bonds. The number of nitrogens with zero attached hydrogens (tertiary/aromatic N) is 1. The van der Waals surface area contributed by atoms with Gasteiger partial charge in [0.05, 0.1) is 17.3 Å². The largest absolute Gasteiger partial charge is 0.383 e. The minimum atomic E-state index is 0.567. The normalized spacial score (nSPS) is 22.6. The van der Waals surface area contributed by atoms with E-state index in [-0.39, 0.29) is 0 Å². The van der Waals surface area contributed by atoms with Crippen molar-refractivity contribution in [1.29, 1.82) is 0 Å². The molecule has 0 radical (unpaired) electrons. The number of hydrogen-bond donors (Lipinski definition) is 1. The molecule has 1 saturated heterocycles. The van der Waals surface area contributed by atoms with Crippen LogP contribution in [0, 0.1) is 5.92 Å². The Labute approximate surface area is 133 Å². The fourth-order valence-electron chi connectivity index (χ4n) is 3.07. The fraction of sp³-hybridized carbons (Fsp3) is 0.647. The molecule has 3 nitrogen and oxygen atoms in total. The van der Waals surface area contributed by atoms with E-state index in [0.29, 0.717) is 6.04 Å². The van der Waals surface area contributed by atoms with Crippen LogP contribution in [0.4, 0.5) is 5.69 Å². The van der Waals surface area contributed by atoms with E-state index in [2.05, 4.69) is 42.3 Å². The van der Waals surface area contributed by atoms with Gasteiger partial charge in [0.1, 0.15) is 0 Å². The van der Waals surface area contributed by atoms with Gasteiger partial charge in [-0.15, -0.1) is 0 Å². The zero-order valence-electron chi connectivity index (χ0n) is 13.4. The van der Waals surface area contributed by atoms with Gasteiger partial charge in [-0.05, 0) is 43.4 Å². The van der Waals surface area contributed by atoms with Gasteiger partial charge in [0.25, 0.3) is 0 Å². The average molecular weight is 311 g/mol. The lowest BCUT2D eigenvalue weighted by atomic mass is 9.93. The molecule has 21 heavy (non-hydrogen) atoms. The number of benzene rings is 1. The molecular weight excluding hydrogens is 284 g/mol. The number of hydrogen-bond acceptors (Lipinski definition) is 3. The third-order valence-corrected chi connectivity index (χ3v) is 4.57. The molecule has 118 valence electrons. The van der Waals surface area contributed by atoms with Gasteiger partial charge in [-0.1, -0.05) is 24.6 Å². The van der Waals surface area contributed by atoms with Gasteiger partial charge in [0.15, 0.2) is 0 Å². The van der Waals surface area contributed by atoms with Crippen LogP contribution in [0.1, 0.15) is 32.3 Å². The molecule has 0 aliphatic carbocycles. The molecule has 2 rings (SSSR count). The van der Waals surface area contributed by atoms with Crippen molar-refractivity contribution in [2.24, 2.45) is 5.92 Å². The number of methoxy groups -OCH3 is 1. The Morgan fingerprint density at radius 3 is 2.86 bits per heavy atom. The van der Waals surface area contributed by atoms with Crippen molar-refractivity contribution in [2.45, 2.75) is 39.3 Å². The lowest BCUT2D eigenvalue weighted by Gasteiger charge is -2.38. The molecule has 1 aromatic rings. The van der Waals surface area contributed by atoms with Crippen LogP contribution in [0.25, 0.3) is 0 Å². The highest BCUT2D eigenvalue weighted by molar-refractivity contribution is 6.33. The molecule has 1 aliphatic rings. The first-order valence-electron chi connectivity index (χ1n) is 7.86. The second kappa shape index (κ2) is 8.02. The molecule has 1 aliphatic heterocycles. The number of halogens is 1. The summed E-state index contributed by atoms with van der Waals surface area (Å²) in [4.78, 5) is 2.45. The topological polar surface area (TPSA) is 24.5 Å². The summed E-state index contributed by atoms with van der Waals surface area (Å²) < 4.78 is 5.03. The van der Waals surface area contributed by atoms with Crippen LogP contribution in [0.15, 0.2) is 18.2 Å². The minimum absolute atomic E-state index is 0.567. The van der Waals surface area contributed by atoms with Crippen molar-refractivity contribution < 1.29 is 4.74 Å². The first-order chi connectivity index (χ1) is 10.1. The van der Waals surface area contributed by atoms with E-state index in [1.165, 1.54) is 24.1 Å². The van der Waals surface area contributed by atoms with Crippen LogP contribution in [-0.2, 0) is 11.3 Å². The number of rotatable bonds is 6. The summed E-state index contributed by atoms with van der Waals surface area (Å²) in [6.45, 7) is 8.16. The smallest absolute Gasteiger partial charge is 0.0642 e. The van der Waals surface area contributed by atoms with E-state index < -0.39 is 0 Å². The highest BCUT2D eigenvalue weighted by atomic mass is 35.5. The monoisotopic (exact) mass is 310 g/mol.